The molecular weight excluding hydrogens is 180 g/mol. The molecule has 0 aliphatic carbocycles. The summed E-state index contributed by atoms with van der Waals surface area (Å²) in [6, 6.07) is 0. The van der Waals surface area contributed by atoms with Crippen LogP contribution in [0, 0.1) is 0 Å². The lowest BCUT2D eigenvalue weighted by Gasteiger charge is -2.20. The minimum Gasteiger partial charge on any atom is -0.378 e. The second kappa shape index (κ2) is 3.96. The summed E-state index contributed by atoms with van der Waals surface area (Å²) in [5, 5.41) is 4.20. The highest BCUT2D eigenvalue weighted by molar-refractivity contribution is 5.15. The molecule has 1 unspecified atom stereocenters. The van der Waals surface area contributed by atoms with Gasteiger partial charge in [-0.05, 0) is 19.3 Å². The molecule has 0 spiro atoms. The monoisotopic (exact) mass is 196 g/mol. The molecule has 1 saturated heterocycles. The zero-order valence-corrected chi connectivity index (χ0v) is 8.44. The van der Waals surface area contributed by atoms with Gasteiger partial charge in [-0.3, -0.25) is 0 Å². The molecule has 0 radical (unpaired) electrons. The molecule has 5 heteroatoms. The standard InChI is InChI=1S/C9H16N4O/c1-13-9(10)11-8(12-13)6-7-4-2-3-5-14-7/h7H,2-6H2,1H3,(H2,10,11,12). The Bertz CT molecular complexity index is 284. The lowest BCUT2D eigenvalue weighted by molar-refractivity contribution is 0.0156. The minimum absolute atomic E-state index is 0.283. The molecule has 1 aromatic heterocycles. The van der Waals surface area contributed by atoms with Crippen molar-refractivity contribution in [3.63, 3.8) is 0 Å². The van der Waals surface area contributed by atoms with E-state index in [9.17, 15) is 0 Å². The first-order valence-corrected chi connectivity index (χ1v) is 5.02. The van der Waals surface area contributed by atoms with Gasteiger partial charge in [0.05, 0.1) is 6.10 Å². The van der Waals surface area contributed by atoms with Gasteiger partial charge < -0.3 is 10.5 Å². The highest BCUT2D eigenvalue weighted by Gasteiger charge is 2.16. The van der Waals surface area contributed by atoms with Gasteiger partial charge in [0.25, 0.3) is 0 Å². The largest absolute Gasteiger partial charge is 0.378 e. The summed E-state index contributed by atoms with van der Waals surface area (Å²) >= 11 is 0. The van der Waals surface area contributed by atoms with Gasteiger partial charge in [-0.2, -0.15) is 10.1 Å². The van der Waals surface area contributed by atoms with Gasteiger partial charge in [-0.15, -0.1) is 0 Å². The van der Waals surface area contributed by atoms with E-state index in [4.69, 9.17) is 10.5 Å². The number of ether oxygens (including phenoxy) is 1. The molecule has 2 heterocycles. The second-order valence-corrected chi connectivity index (χ2v) is 3.70. The smallest absolute Gasteiger partial charge is 0.218 e. The van der Waals surface area contributed by atoms with E-state index in [0.717, 1.165) is 25.3 Å². The van der Waals surface area contributed by atoms with E-state index in [2.05, 4.69) is 10.1 Å². The molecule has 1 aromatic rings. The van der Waals surface area contributed by atoms with Crippen LogP contribution in [-0.4, -0.2) is 27.5 Å². The number of rotatable bonds is 2. The Morgan fingerprint density at radius 3 is 3.00 bits per heavy atom. The summed E-state index contributed by atoms with van der Waals surface area (Å²) in [6.07, 6.45) is 4.59. The van der Waals surface area contributed by atoms with Crippen molar-refractivity contribution in [2.24, 2.45) is 7.05 Å². The maximum absolute atomic E-state index is 5.60. The summed E-state index contributed by atoms with van der Waals surface area (Å²) in [5.74, 6) is 1.26. The van der Waals surface area contributed by atoms with Crippen LogP contribution in [-0.2, 0) is 18.2 Å². The van der Waals surface area contributed by atoms with Crippen molar-refractivity contribution in [1.29, 1.82) is 0 Å². The normalized spacial score (nSPS) is 22.5. The average Bonchev–Trinajstić information content (AvgIpc) is 2.47. The molecule has 1 aliphatic rings. The molecule has 1 fully saturated rings. The van der Waals surface area contributed by atoms with Crippen LogP contribution < -0.4 is 5.73 Å². The van der Waals surface area contributed by atoms with Crippen molar-refractivity contribution in [3.8, 4) is 0 Å². The molecule has 0 amide bonds. The van der Waals surface area contributed by atoms with E-state index < -0.39 is 0 Å². The van der Waals surface area contributed by atoms with Crippen LogP contribution in [0.15, 0.2) is 0 Å². The van der Waals surface area contributed by atoms with Crippen molar-refractivity contribution in [2.75, 3.05) is 12.3 Å². The fraction of sp³-hybridized carbons (Fsp3) is 0.778. The predicted molar refractivity (Wildman–Crippen MR) is 52.7 cm³/mol. The summed E-state index contributed by atoms with van der Waals surface area (Å²) in [6.45, 7) is 0.868. The SMILES string of the molecule is Cn1nc(CC2CCCCO2)nc1N. The van der Waals surface area contributed by atoms with Crippen LogP contribution in [0.25, 0.3) is 0 Å². The highest BCUT2D eigenvalue weighted by atomic mass is 16.5. The van der Waals surface area contributed by atoms with Crippen molar-refractivity contribution >= 4 is 5.95 Å². The molecule has 5 nitrogen and oxygen atoms in total. The maximum atomic E-state index is 5.60. The summed E-state index contributed by atoms with van der Waals surface area (Å²) < 4.78 is 7.20. The molecular formula is C9H16N4O. The van der Waals surface area contributed by atoms with Crippen molar-refractivity contribution in [2.45, 2.75) is 31.8 Å². The molecule has 1 aliphatic heterocycles. The van der Waals surface area contributed by atoms with E-state index in [1.807, 2.05) is 0 Å². The van der Waals surface area contributed by atoms with Crippen LogP contribution in [0.5, 0.6) is 0 Å². The van der Waals surface area contributed by atoms with Crippen LogP contribution in [0.2, 0.25) is 0 Å². The number of nitrogen functional groups attached to an aromatic ring is 1. The third-order valence-electron chi connectivity index (χ3n) is 2.52. The van der Waals surface area contributed by atoms with E-state index >= 15 is 0 Å². The first-order chi connectivity index (χ1) is 6.75. The first kappa shape index (κ1) is 9.45. The topological polar surface area (TPSA) is 66.0 Å². The van der Waals surface area contributed by atoms with Gasteiger partial charge in [-0.1, -0.05) is 0 Å². The molecule has 2 rings (SSSR count). The Balaban J connectivity index is 1.95. The van der Waals surface area contributed by atoms with Gasteiger partial charge in [0.15, 0.2) is 5.82 Å². The molecule has 0 bridgehead atoms. The van der Waals surface area contributed by atoms with E-state index in [1.165, 1.54) is 12.8 Å². The van der Waals surface area contributed by atoms with Gasteiger partial charge in [0, 0.05) is 20.1 Å². The molecule has 14 heavy (non-hydrogen) atoms. The number of anilines is 1. The number of hydrogen-bond acceptors (Lipinski definition) is 4. The number of aryl methyl sites for hydroxylation is 1. The zero-order chi connectivity index (χ0) is 9.97. The fourth-order valence-electron chi connectivity index (χ4n) is 1.71. The predicted octanol–water partition coefficient (Wildman–Crippen LogP) is 0.509. The average molecular weight is 196 g/mol. The number of aromatic nitrogens is 3. The molecule has 2 N–H and O–H groups in total. The van der Waals surface area contributed by atoms with Gasteiger partial charge in [-0.25, -0.2) is 4.68 Å². The number of hydrogen-bond donors (Lipinski definition) is 1. The Hall–Kier alpha value is -1.10. The van der Waals surface area contributed by atoms with Gasteiger partial charge in [0.1, 0.15) is 0 Å². The third kappa shape index (κ3) is 2.04. The van der Waals surface area contributed by atoms with Crippen molar-refractivity contribution in [3.05, 3.63) is 5.82 Å². The quantitative estimate of drug-likeness (QED) is 0.748. The van der Waals surface area contributed by atoms with E-state index in [1.54, 1.807) is 11.7 Å². The van der Waals surface area contributed by atoms with Gasteiger partial charge in [0.2, 0.25) is 5.95 Å². The Morgan fingerprint density at radius 2 is 2.43 bits per heavy atom. The van der Waals surface area contributed by atoms with Crippen LogP contribution in [0.1, 0.15) is 25.1 Å². The lowest BCUT2D eigenvalue weighted by atomic mass is 10.1. The minimum atomic E-state index is 0.283. The highest BCUT2D eigenvalue weighted by Crippen LogP contribution is 2.15. The molecule has 0 saturated carbocycles. The number of nitrogens with zero attached hydrogens (tertiary/aromatic N) is 3. The van der Waals surface area contributed by atoms with E-state index in [-0.39, 0.29) is 6.10 Å². The van der Waals surface area contributed by atoms with Crippen LogP contribution in [0.4, 0.5) is 5.95 Å². The summed E-state index contributed by atoms with van der Waals surface area (Å²) in [5.41, 5.74) is 5.59. The Morgan fingerprint density at radius 1 is 1.57 bits per heavy atom. The Kier molecular flexibility index (Phi) is 2.67. The number of nitrogens with two attached hydrogens (primary N) is 1. The molecule has 1 atom stereocenters. The summed E-state index contributed by atoms with van der Waals surface area (Å²) in [4.78, 5) is 4.15. The van der Waals surface area contributed by atoms with Gasteiger partial charge >= 0.3 is 0 Å². The molecule has 0 aromatic carbocycles. The van der Waals surface area contributed by atoms with E-state index in [0.29, 0.717) is 5.95 Å². The third-order valence-corrected chi connectivity index (χ3v) is 2.52. The summed E-state index contributed by atoms with van der Waals surface area (Å²) in [7, 11) is 1.80. The lowest BCUT2D eigenvalue weighted by Crippen LogP contribution is -2.21. The maximum Gasteiger partial charge on any atom is 0.218 e. The van der Waals surface area contributed by atoms with Crippen LogP contribution >= 0.6 is 0 Å². The zero-order valence-electron chi connectivity index (χ0n) is 8.44. The Labute approximate surface area is 83.3 Å². The second-order valence-electron chi connectivity index (χ2n) is 3.70. The van der Waals surface area contributed by atoms with Crippen LogP contribution in [0.3, 0.4) is 0 Å². The van der Waals surface area contributed by atoms with Crippen molar-refractivity contribution in [1.82, 2.24) is 14.8 Å². The fourth-order valence-corrected chi connectivity index (χ4v) is 1.71. The molecule has 78 valence electrons. The van der Waals surface area contributed by atoms with Crippen molar-refractivity contribution < 1.29 is 4.74 Å². The first-order valence-electron chi connectivity index (χ1n) is 5.02.